The Labute approximate surface area is 323 Å². The number of terminal acetylenes is 1. The number of alkyl halides is 9. The molecule has 2 aromatic heterocycles. The van der Waals surface area contributed by atoms with Crippen LogP contribution in [0.5, 0.6) is 6.01 Å². The second kappa shape index (κ2) is 13.2. The van der Waals surface area contributed by atoms with E-state index in [1.54, 1.807) is 18.2 Å². The van der Waals surface area contributed by atoms with Gasteiger partial charge in [0.25, 0.3) is 0 Å². The molecule has 7 heterocycles. The second-order valence-corrected chi connectivity index (χ2v) is 15.7. The molecule has 1 N–H and O–H groups in total. The molecule has 19 heteroatoms. The predicted octanol–water partition coefficient (Wildman–Crippen LogP) is 7.79. The number of rotatable bonds is 6. The van der Waals surface area contributed by atoms with Crippen molar-refractivity contribution >= 4 is 27.5 Å². The third-order valence-corrected chi connectivity index (χ3v) is 12.5. The molecule has 9 rings (SSSR count). The lowest BCUT2D eigenvalue weighted by Crippen LogP contribution is -2.68. The molecule has 4 saturated heterocycles. The Kier molecular flexibility index (Phi) is 8.89. The topological polar surface area (TPSA) is 75.6 Å². The standard InChI is InChI=1S/C39H33F11N6O2/c1-2-22-24(40)9-7-19-5-3-6-23(28(19)22)31-30(41)32-29-26(52-31)11-12-27-25-10-8-20(51-25)16-56(27)33(29)54-34(53-32)57-18-35-13-4-14-55(35)17-21(15-35)58-36(37(42,43)44,38(45,46)47)39(48,49)50/h1,3,5-7,9,20-21,25,27,51H,4,8,10-18H2/t20-,21-,25+,27-,35+/m1/s1. The Bertz CT molecular complexity index is 2330. The number of benzene rings is 2. The highest BCUT2D eigenvalue weighted by molar-refractivity contribution is 6.02. The average Bonchev–Trinajstić information content (AvgIpc) is 3.80. The van der Waals surface area contributed by atoms with Crippen molar-refractivity contribution in [3.8, 4) is 29.6 Å². The molecular formula is C39H33F11N6O2. The van der Waals surface area contributed by atoms with E-state index >= 15 is 8.78 Å². The highest BCUT2D eigenvalue weighted by atomic mass is 19.4. The van der Waals surface area contributed by atoms with Crippen LogP contribution in [-0.4, -0.2) is 100.0 Å². The molecule has 0 aliphatic carbocycles. The van der Waals surface area contributed by atoms with Gasteiger partial charge in [-0.05, 0) is 62.9 Å². The van der Waals surface area contributed by atoms with Crippen LogP contribution in [0.25, 0.3) is 32.9 Å². The van der Waals surface area contributed by atoms with Crippen LogP contribution in [0.15, 0.2) is 30.3 Å². The Morgan fingerprint density at radius 1 is 0.897 bits per heavy atom. The monoisotopic (exact) mass is 826 g/mol. The van der Waals surface area contributed by atoms with Crippen LogP contribution in [-0.2, 0) is 11.2 Å². The van der Waals surface area contributed by atoms with E-state index < -0.39 is 67.0 Å². The van der Waals surface area contributed by atoms with E-state index in [0.29, 0.717) is 48.1 Å². The van der Waals surface area contributed by atoms with Crippen LogP contribution in [0, 0.1) is 24.0 Å². The van der Waals surface area contributed by atoms with E-state index in [1.165, 1.54) is 17.0 Å². The maximum atomic E-state index is 17.2. The fourth-order valence-corrected chi connectivity index (χ4v) is 9.98. The molecule has 5 atom stereocenters. The molecule has 0 saturated carbocycles. The Balaban J connectivity index is 1.13. The van der Waals surface area contributed by atoms with Crippen LogP contribution >= 0.6 is 0 Å². The smallest absolute Gasteiger partial charge is 0.435 e. The number of aromatic nitrogens is 3. The van der Waals surface area contributed by atoms with Crippen molar-refractivity contribution in [2.24, 2.45) is 0 Å². The molecule has 0 radical (unpaired) electrons. The summed E-state index contributed by atoms with van der Waals surface area (Å²) in [5.41, 5.74) is -7.55. The quantitative estimate of drug-likeness (QED) is 0.156. The number of hydrogen-bond donors (Lipinski definition) is 1. The normalized spacial score (nSPS) is 26.2. The number of ether oxygens (including phenoxy) is 2. The molecule has 0 spiro atoms. The summed E-state index contributed by atoms with van der Waals surface area (Å²) in [5, 5.41) is 4.72. The maximum absolute atomic E-state index is 17.2. The number of fused-ring (bicyclic) bond motifs is 7. The first-order valence-electron chi connectivity index (χ1n) is 18.7. The van der Waals surface area contributed by atoms with Crippen LogP contribution in [0.2, 0.25) is 0 Å². The first kappa shape index (κ1) is 38.9. The van der Waals surface area contributed by atoms with Gasteiger partial charge >= 0.3 is 30.1 Å². The van der Waals surface area contributed by atoms with Crippen molar-refractivity contribution in [2.75, 3.05) is 31.1 Å². The molecule has 2 bridgehead atoms. The van der Waals surface area contributed by atoms with Crippen molar-refractivity contribution in [1.82, 2.24) is 25.2 Å². The molecule has 4 fully saturated rings. The number of nitrogens with zero attached hydrogens (tertiary/aromatic N) is 5. The number of anilines is 1. The summed E-state index contributed by atoms with van der Waals surface area (Å²) in [6.07, 6.45) is -14.4. The molecule has 8 nitrogen and oxygen atoms in total. The SMILES string of the molecule is C#Cc1c(F)ccc2cccc(-c3nc4c5c(nc(OC[C@@]67CCCN6C[C@H](OC(C(F)(F)F)(C(F)(F)F)C(F)(F)F)C7)nc5c3F)N3C[C@H]5CC[C@H](N5)[C@H]3CC4)c12. The Morgan fingerprint density at radius 2 is 1.66 bits per heavy atom. The third-order valence-electron chi connectivity index (χ3n) is 12.5. The fourth-order valence-electron chi connectivity index (χ4n) is 9.98. The van der Waals surface area contributed by atoms with Crippen molar-refractivity contribution in [3.63, 3.8) is 0 Å². The predicted molar refractivity (Wildman–Crippen MR) is 187 cm³/mol. The number of nitrogens with one attached hydrogen (secondary N) is 1. The van der Waals surface area contributed by atoms with Gasteiger partial charge in [0.15, 0.2) is 5.82 Å². The highest BCUT2D eigenvalue weighted by Gasteiger charge is 2.86. The van der Waals surface area contributed by atoms with Gasteiger partial charge in [0.2, 0.25) is 0 Å². The van der Waals surface area contributed by atoms with Gasteiger partial charge in [-0.15, -0.1) is 6.42 Å². The van der Waals surface area contributed by atoms with Crippen LogP contribution in [0.4, 0.5) is 54.1 Å². The number of pyridine rings is 1. The van der Waals surface area contributed by atoms with Crippen LogP contribution < -0.4 is 15.0 Å². The summed E-state index contributed by atoms with van der Waals surface area (Å²) in [6.45, 7) is -0.500. The summed E-state index contributed by atoms with van der Waals surface area (Å²) >= 11 is 0. The van der Waals surface area contributed by atoms with Gasteiger partial charge in [0, 0.05) is 42.2 Å². The largest absolute Gasteiger partial charge is 0.461 e. The Hall–Kier alpha value is -4.54. The van der Waals surface area contributed by atoms with Crippen LogP contribution in [0.1, 0.15) is 49.8 Å². The summed E-state index contributed by atoms with van der Waals surface area (Å²) in [7, 11) is 0. The number of halogens is 11. The van der Waals surface area contributed by atoms with Gasteiger partial charge in [0.1, 0.15) is 29.5 Å². The van der Waals surface area contributed by atoms with E-state index in [-0.39, 0.29) is 64.8 Å². The van der Waals surface area contributed by atoms with Crippen molar-refractivity contribution in [1.29, 1.82) is 0 Å². The van der Waals surface area contributed by atoms with Crippen molar-refractivity contribution in [3.05, 3.63) is 53.2 Å². The lowest BCUT2D eigenvalue weighted by molar-refractivity contribution is -0.463. The molecule has 58 heavy (non-hydrogen) atoms. The zero-order valence-electron chi connectivity index (χ0n) is 30.3. The summed E-state index contributed by atoms with van der Waals surface area (Å²) in [4.78, 5) is 17.5. The lowest BCUT2D eigenvalue weighted by atomic mass is 9.93. The first-order chi connectivity index (χ1) is 27.4. The van der Waals surface area contributed by atoms with E-state index in [2.05, 4.69) is 25.9 Å². The molecule has 5 aliphatic heterocycles. The summed E-state index contributed by atoms with van der Waals surface area (Å²) < 4.78 is 167. The summed E-state index contributed by atoms with van der Waals surface area (Å²) in [5.74, 6) is 1.08. The molecule has 0 unspecified atom stereocenters. The summed E-state index contributed by atoms with van der Waals surface area (Å²) in [6, 6.07) is 7.33. The second-order valence-electron chi connectivity index (χ2n) is 15.7. The zero-order chi connectivity index (χ0) is 41.2. The number of hydrogen-bond acceptors (Lipinski definition) is 8. The third kappa shape index (κ3) is 5.79. The molecular weight excluding hydrogens is 793 g/mol. The number of piperazine rings is 1. The minimum absolute atomic E-state index is 0.0737. The minimum atomic E-state index is -6.88. The maximum Gasteiger partial charge on any atom is 0.435 e. The van der Waals surface area contributed by atoms with Gasteiger partial charge in [-0.3, -0.25) is 4.90 Å². The van der Waals surface area contributed by atoms with Gasteiger partial charge in [-0.25, -0.2) is 13.8 Å². The molecule has 4 aromatic rings. The van der Waals surface area contributed by atoms with Crippen molar-refractivity contribution in [2.45, 2.75) is 98.8 Å². The van der Waals surface area contributed by atoms with Gasteiger partial charge < -0.3 is 19.7 Å². The molecule has 0 amide bonds. The van der Waals surface area contributed by atoms with Gasteiger partial charge in [-0.1, -0.05) is 30.2 Å². The van der Waals surface area contributed by atoms with E-state index in [4.69, 9.17) is 21.1 Å². The van der Waals surface area contributed by atoms with Crippen LogP contribution in [0.3, 0.4) is 0 Å². The van der Waals surface area contributed by atoms with Gasteiger partial charge in [0.05, 0.1) is 28.3 Å². The molecule has 2 aromatic carbocycles. The molecule has 5 aliphatic rings. The first-order valence-corrected chi connectivity index (χ1v) is 18.7. The minimum Gasteiger partial charge on any atom is -0.461 e. The Morgan fingerprint density at radius 3 is 2.38 bits per heavy atom. The lowest BCUT2D eigenvalue weighted by Gasteiger charge is -2.41. The average molecular weight is 827 g/mol. The van der Waals surface area contributed by atoms with Gasteiger partial charge in [-0.2, -0.15) is 49.5 Å². The van der Waals surface area contributed by atoms with E-state index in [9.17, 15) is 39.5 Å². The molecule has 308 valence electrons. The van der Waals surface area contributed by atoms with Crippen molar-refractivity contribution < 1.29 is 57.8 Å². The van der Waals surface area contributed by atoms with E-state index in [0.717, 1.165) is 12.8 Å². The fraction of sp³-hybridized carbons (Fsp3) is 0.513. The number of aryl methyl sites for hydroxylation is 1. The zero-order valence-corrected chi connectivity index (χ0v) is 30.3. The highest BCUT2D eigenvalue weighted by Crippen LogP contribution is 2.57. The van der Waals surface area contributed by atoms with E-state index in [1.807, 2.05) is 0 Å².